The molecule has 2 atom stereocenters. The summed E-state index contributed by atoms with van der Waals surface area (Å²) in [5.74, 6) is -0.134. The van der Waals surface area contributed by atoms with Crippen LogP contribution in [0.25, 0.3) is 0 Å². The molecule has 4 bridgehead atoms. The van der Waals surface area contributed by atoms with Crippen LogP contribution in [-0.2, 0) is 31.3 Å². The summed E-state index contributed by atoms with van der Waals surface area (Å²) in [6.07, 6.45) is 3.30. The zero-order valence-corrected chi connectivity index (χ0v) is 27.1. The fourth-order valence-electron chi connectivity index (χ4n) is 4.58. The van der Waals surface area contributed by atoms with E-state index in [1.54, 1.807) is 36.7 Å². The van der Waals surface area contributed by atoms with E-state index < -0.39 is 18.1 Å². The van der Waals surface area contributed by atoms with Crippen molar-refractivity contribution < 1.29 is 56.1 Å². The molecule has 245 valence electrons. The van der Waals surface area contributed by atoms with E-state index in [-0.39, 0.29) is 41.8 Å². The quantitative estimate of drug-likeness (QED) is 0.219. The molecule has 47 heavy (non-hydrogen) atoms. The average Bonchev–Trinajstić information content (AvgIpc) is 3.06. The van der Waals surface area contributed by atoms with Gasteiger partial charge < -0.3 is 34.3 Å². The second-order valence-electron chi connectivity index (χ2n) is 10.1. The first-order valence-electron chi connectivity index (χ1n) is 14.8. The summed E-state index contributed by atoms with van der Waals surface area (Å²) < 4.78 is 22.7. The summed E-state index contributed by atoms with van der Waals surface area (Å²) in [6.45, 7) is 3.08. The van der Waals surface area contributed by atoms with Crippen molar-refractivity contribution in [1.82, 2.24) is 0 Å². The molecule has 0 saturated heterocycles. The number of aliphatic imine (C=N–C) groups is 2. The summed E-state index contributed by atoms with van der Waals surface area (Å²) in [5.41, 5.74) is 2.92. The maximum Gasteiger partial charge on any atom is 2.00 e. The molecule has 2 unspecified atom stereocenters. The van der Waals surface area contributed by atoms with Gasteiger partial charge in [-0.2, -0.15) is 0 Å². The van der Waals surface area contributed by atoms with Gasteiger partial charge in [0, 0.05) is 30.5 Å². The van der Waals surface area contributed by atoms with Gasteiger partial charge in [0.2, 0.25) is 0 Å². The molecule has 0 spiro atoms. The molecular formula is C36H38MnN2O8+2. The third kappa shape index (κ3) is 11.6. The standard InChI is InChI=1S/C34H34N2O6.C2H4O2.Mn/c37-33-27-13-7-15-29(33)41-21-19-39-17-18-40-20-22-42-30-16-8-14-28(34(30)38)24-36-32(26-11-5-2-6-12-26)31(35-23-27)25-9-3-1-4-10-25;1-2(3)4;/h1-16,23-24,31-32,37-38H,17-22H2;1H3,(H,3,4);/q;;+2. The third-order valence-corrected chi connectivity index (χ3v) is 6.73. The Balaban J connectivity index is 0.00000114. The van der Waals surface area contributed by atoms with E-state index in [0.717, 1.165) is 18.1 Å². The SMILES string of the molecule is CC(=O)O.Oc1c2cccc1OCCOCCOCCOc1cccc(c1O)C=NC(c1ccccc1)C(c1ccccc1)N=C2.[Mn+2]. The van der Waals surface area contributed by atoms with Crippen LogP contribution in [0.3, 0.4) is 0 Å². The number of fused-ring (bicyclic) bond motifs is 4. The van der Waals surface area contributed by atoms with Crippen LogP contribution in [0.1, 0.15) is 41.3 Å². The van der Waals surface area contributed by atoms with E-state index >= 15 is 0 Å². The summed E-state index contributed by atoms with van der Waals surface area (Å²) in [4.78, 5) is 18.9. The van der Waals surface area contributed by atoms with E-state index in [2.05, 4.69) is 0 Å². The fraction of sp³-hybridized carbons (Fsp3) is 0.250. The van der Waals surface area contributed by atoms with E-state index in [4.69, 9.17) is 38.8 Å². The maximum absolute atomic E-state index is 11.0. The molecule has 1 radical (unpaired) electrons. The molecule has 1 aliphatic heterocycles. The summed E-state index contributed by atoms with van der Waals surface area (Å²) in [7, 11) is 0. The Labute approximate surface area is 284 Å². The first-order valence-corrected chi connectivity index (χ1v) is 14.8. The number of hydrogen-bond acceptors (Lipinski definition) is 9. The number of aromatic hydroxyl groups is 2. The Morgan fingerprint density at radius 2 is 0.957 bits per heavy atom. The van der Waals surface area contributed by atoms with Crippen molar-refractivity contribution in [2.24, 2.45) is 9.98 Å². The Morgan fingerprint density at radius 3 is 1.34 bits per heavy atom. The van der Waals surface area contributed by atoms with Crippen LogP contribution in [0.15, 0.2) is 107 Å². The molecule has 3 N–H and O–H groups in total. The molecular weight excluding hydrogens is 643 g/mol. The van der Waals surface area contributed by atoms with Gasteiger partial charge in [0.05, 0.1) is 26.4 Å². The van der Waals surface area contributed by atoms with Crippen LogP contribution in [0.2, 0.25) is 0 Å². The van der Waals surface area contributed by atoms with Crippen molar-refractivity contribution in [3.63, 3.8) is 0 Å². The molecule has 0 aromatic heterocycles. The number of carboxylic acids is 1. The Kier molecular flexibility index (Phi) is 15.5. The molecule has 4 aromatic carbocycles. The van der Waals surface area contributed by atoms with Crippen molar-refractivity contribution in [2.45, 2.75) is 19.0 Å². The van der Waals surface area contributed by atoms with E-state index in [9.17, 15) is 10.2 Å². The summed E-state index contributed by atoms with van der Waals surface area (Å²) in [5, 5.41) is 29.4. The second-order valence-corrected chi connectivity index (χ2v) is 10.1. The molecule has 5 rings (SSSR count). The first-order chi connectivity index (χ1) is 22.4. The normalized spacial score (nSPS) is 17.1. The predicted octanol–water partition coefficient (Wildman–Crippen LogP) is 6.01. The number of ether oxygens (including phenoxy) is 4. The number of phenols is 2. The van der Waals surface area contributed by atoms with Crippen molar-refractivity contribution in [2.75, 3.05) is 39.6 Å². The van der Waals surface area contributed by atoms with Gasteiger partial charge >= 0.3 is 17.1 Å². The number of hydrogen-bond donors (Lipinski definition) is 3. The van der Waals surface area contributed by atoms with Crippen LogP contribution < -0.4 is 9.47 Å². The Bertz CT molecular complexity index is 1470. The predicted molar refractivity (Wildman–Crippen MR) is 176 cm³/mol. The Hall–Kier alpha value is -4.67. The molecule has 0 amide bonds. The number of aliphatic carboxylic acids is 1. The minimum Gasteiger partial charge on any atom is -0.504 e. The van der Waals surface area contributed by atoms with Crippen LogP contribution in [0.4, 0.5) is 0 Å². The van der Waals surface area contributed by atoms with Gasteiger partial charge in [0.15, 0.2) is 23.0 Å². The molecule has 10 nitrogen and oxygen atoms in total. The number of rotatable bonds is 2. The minimum atomic E-state index is -0.833. The maximum atomic E-state index is 11.0. The van der Waals surface area contributed by atoms with Crippen molar-refractivity contribution in [3.8, 4) is 23.0 Å². The van der Waals surface area contributed by atoms with E-state index in [0.29, 0.717) is 49.1 Å². The van der Waals surface area contributed by atoms with Gasteiger partial charge in [-0.25, -0.2) is 0 Å². The van der Waals surface area contributed by atoms with Gasteiger partial charge in [0.1, 0.15) is 25.3 Å². The molecule has 0 aliphatic carbocycles. The second kappa shape index (κ2) is 19.8. The summed E-state index contributed by atoms with van der Waals surface area (Å²) >= 11 is 0. The number of benzene rings is 4. The molecule has 0 saturated carbocycles. The van der Waals surface area contributed by atoms with Gasteiger partial charge in [-0.1, -0.05) is 72.8 Å². The number of carbonyl (C=O) groups is 1. The van der Waals surface area contributed by atoms with Crippen molar-refractivity contribution in [1.29, 1.82) is 0 Å². The Morgan fingerprint density at radius 1 is 0.596 bits per heavy atom. The molecule has 4 aromatic rings. The van der Waals surface area contributed by atoms with Crippen LogP contribution in [0, 0.1) is 0 Å². The van der Waals surface area contributed by atoms with Gasteiger partial charge in [-0.3, -0.25) is 14.8 Å². The molecule has 11 heteroatoms. The number of para-hydroxylation sites is 2. The number of phenolic OH excluding ortho intramolecular Hbond substituents is 2. The molecule has 1 heterocycles. The van der Waals surface area contributed by atoms with Crippen molar-refractivity contribution in [3.05, 3.63) is 119 Å². The topological polar surface area (TPSA) is 139 Å². The molecule has 0 fully saturated rings. The van der Waals surface area contributed by atoms with Crippen LogP contribution >= 0.6 is 0 Å². The number of carboxylic acid groups (broad SMARTS) is 1. The van der Waals surface area contributed by atoms with Gasteiger partial charge in [-0.05, 0) is 35.4 Å². The minimum absolute atomic E-state index is 0. The van der Waals surface area contributed by atoms with E-state index in [1.807, 2.05) is 72.8 Å². The molecule has 1 aliphatic rings. The van der Waals surface area contributed by atoms with Crippen LogP contribution in [0.5, 0.6) is 23.0 Å². The van der Waals surface area contributed by atoms with Gasteiger partial charge in [-0.15, -0.1) is 0 Å². The van der Waals surface area contributed by atoms with Crippen molar-refractivity contribution >= 4 is 18.4 Å². The third-order valence-electron chi connectivity index (χ3n) is 6.73. The fourth-order valence-corrected chi connectivity index (χ4v) is 4.58. The zero-order valence-electron chi connectivity index (χ0n) is 25.9. The largest absolute Gasteiger partial charge is 2.00 e. The number of nitrogens with zero attached hydrogens (tertiary/aromatic N) is 2. The zero-order chi connectivity index (χ0) is 32.6. The van der Waals surface area contributed by atoms with Gasteiger partial charge in [0.25, 0.3) is 5.97 Å². The monoisotopic (exact) mass is 681 g/mol. The average molecular weight is 682 g/mol. The first kappa shape index (κ1) is 36.8. The van der Waals surface area contributed by atoms with Crippen LogP contribution in [-0.4, -0.2) is 73.4 Å². The van der Waals surface area contributed by atoms with E-state index in [1.165, 1.54) is 0 Å². The smallest absolute Gasteiger partial charge is 0.504 e. The summed E-state index contributed by atoms with van der Waals surface area (Å²) in [6, 6.07) is 29.5.